The van der Waals surface area contributed by atoms with Crippen molar-refractivity contribution in [3.8, 4) is 0 Å². The lowest BCUT2D eigenvalue weighted by Gasteiger charge is -2.25. The fourth-order valence-corrected chi connectivity index (χ4v) is 1.33. The average Bonchev–Trinajstić information content (AvgIpc) is 2.25. The van der Waals surface area contributed by atoms with E-state index in [-0.39, 0.29) is 23.3 Å². The number of amidine groups is 1. The van der Waals surface area contributed by atoms with E-state index in [9.17, 15) is 13.2 Å². The highest BCUT2D eigenvalue weighted by Gasteiger charge is 2.33. The monoisotopic (exact) mass is 260 g/mol. The lowest BCUT2D eigenvalue weighted by molar-refractivity contribution is -0.141. The van der Waals surface area contributed by atoms with Gasteiger partial charge < -0.3 is 10.6 Å². The van der Waals surface area contributed by atoms with Gasteiger partial charge in [0.05, 0.1) is 5.56 Å². The van der Waals surface area contributed by atoms with Crippen LogP contribution in [0.5, 0.6) is 0 Å². The maximum absolute atomic E-state index is 12.6. The Kier molecular flexibility index (Phi) is 3.83. The molecule has 0 aliphatic heterocycles. The summed E-state index contributed by atoms with van der Waals surface area (Å²) in [4.78, 5) is 5.11. The molecule has 100 valence electrons. The lowest BCUT2D eigenvalue weighted by Crippen LogP contribution is -2.30. The molecule has 4 nitrogen and oxygen atoms in total. The van der Waals surface area contributed by atoms with Crippen molar-refractivity contribution in [3.05, 3.63) is 23.4 Å². The molecular formula is C11H15F3N4. The van der Waals surface area contributed by atoms with E-state index in [1.165, 1.54) is 6.07 Å². The maximum Gasteiger partial charge on any atom is 0.433 e. The van der Waals surface area contributed by atoms with Crippen molar-refractivity contribution >= 4 is 11.7 Å². The number of nitrogens with two attached hydrogens (primary N) is 1. The van der Waals surface area contributed by atoms with Gasteiger partial charge in [-0.2, -0.15) is 13.2 Å². The molecule has 1 aromatic rings. The molecule has 0 bridgehead atoms. The molecule has 0 aliphatic carbocycles. The van der Waals surface area contributed by atoms with Crippen molar-refractivity contribution in [2.75, 3.05) is 11.9 Å². The first-order valence-electron chi connectivity index (χ1n) is 5.30. The zero-order chi connectivity index (χ0) is 14.1. The molecule has 18 heavy (non-hydrogen) atoms. The second kappa shape index (κ2) is 4.83. The molecule has 0 aromatic carbocycles. The van der Waals surface area contributed by atoms with E-state index >= 15 is 0 Å². The number of alkyl halides is 3. The topological polar surface area (TPSA) is 66.0 Å². The molecule has 0 saturated carbocycles. The summed E-state index contributed by atoms with van der Waals surface area (Å²) in [7, 11) is 1.61. The first-order chi connectivity index (χ1) is 8.14. The Hall–Kier alpha value is -1.79. The van der Waals surface area contributed by atoms with Gasteiger partial charge in [-0.25, -0.2) is 4.98 Å². The molecule has 0 saturated heterocycles. The minimum Gasteiger partial charge on any atom is -0.384 e. The van der Waals surface area contributed by atoms with E-state index in [0.29, 0.717) is 0 Å². The third-order valence-electron chi connectivity index (χ3n) is 2.56. The molecule has 0 radical (unpaired) electrons. The molecule has 7 heteroatoms. The van der Waals surface area contributed by atoms with E-state index in [1.54, 1.807) is 11.9 Å². The SMILES string of the molecule is CC(C)N(C)c1nc(C(F)(F)F)ccc1C(=N)N. The highest BCUT2D eigenvalue weighted by molar-refractivity contribution is 5.99. The number of aromatic nitrogens is 1. The van der Waals surface area contributed by atoms with Gasteiger partial charge in [0.25, 0.3) is 0 Å². The van der Waals surface area contributed by atoms with Crippen LogP contribution in [0.2, 0.25) is 0 Å². The van der Waals surface area contributed by atoms with Crippen LogP contribution in [0.3, 0.4) is 0 Å². The van der Waals surface area contributed by atoms with Crippen molar-refractivity contribution in [3.63, 3.8) is 0 Å². The number of nitrogens with one attached hydrogen (secondary N) is 1. The number of hydrogen-bond acceptors (Lipinski definition) is 3. The quantitative estimate of drug-likeness (QED) is 0.647. The largest absolute Gasteiger partial charge is 0.433 e. The summed E-state index contributed by atoms with van der Waals surface area (Å²) in [6.45, 7) is 3.62. The van der Waals surface area contributed by atoms with E-state index in [4.69, 9.17) is 11.1 Å². The Labute approximate surface area is 103 Å². The predicted octanol–water partition coefficient (Wildman–Crippen LogP) is 2.23. The predicted molar refractivity (Wildman–Crippen MR) is 63.8 cm³/mol. The van der Waals surface area contributed by atoms with Crippen molar-refractivity contribution < 1.29 is 13.2 Å². The molecule has 1 heterocycles. The van der Waals surface area contributed by atoms with Crippen molar-refractivity contribution in [1.29, 1.82) is 5.41 Å². The Balaban J connectivity index is 3.38. The summed E-state index contributed by atoms with van der Waals surface area (Å²) < 4.78 is 37.8. The van der Waals surface area contributed by atoms with Crippen LogP contribution in [0.15, 0.2) is 12.1 Å². The van der Waals surface area contributed by atoms with Gasteiger partial charge in [-0.05, 0) is 26.0 Å². The Morgan fingerprint density at radius 1 is 1.39 bits per heavy atom. The number of pyridine rings is 1. The third-order valence-corrected chi connectivity index (χ3v) is 2.56. The van der Waals surface area contributed by atoms with E-state index in [2.05, 4.69) is 4.98 Å². The van der Waals surface area contributed by atoms with Gasteiger partial charge in [0.15, 0.2) is 0 Å². The van der Waals surface area contributed by atoms with E-state index in [1.807, 2.05) is 13.8 Å². The number of nitrogens with zero attached hydrogens (tertiary/aromatic N) is 2. The maximum atomic E-state index is 12.6. The highest BCUT2D eigenvalue weighted by atomic mass is 19.4. The van der Waals surface area contributed by atoms with Gasteiger partial charge in [0.1, 0.15) is 17.3 Å². The molecule has 1 rings (SSSR count). The number of halogens is 3. The van der Waals surface area contributed by atoms with Crippen LogP contribution in [0.4, 0.5) is 19.0 Å². The molecule has 0 amide bonds. The van der Waals surface area contributed by atoms with E-state index < -0.39 is 11.9 Å². The standard InChI is InChI=1S/C11H15F3N4/c1-6(2)18(3)10-7(9(15)16)4-5-8(17-10)11(12,13)14/h4-6H,1-3H3,(H3,15,16). The highest BCUT2D eigenvalue weighted by Crippen LogP contribution is 2.30. The summed E-state index contributed by atoms with van der Waals surface area (Å²) in [6.07, 6.45) is -4.51. The van der Waals surface area contributed by atoms with Gasteiger partial charge >= 0.3 is 6.18 Å². The zero-order valence-corrected chi connectivity index (χ0v) is 10.3. The van der Waals surface area contributed by atoms with Gasteiger partial charge in [-0.3, -0.25) is 5.41 Å². The Morgan fingerprint density at radius 3 is 2.33 bits per heavy atom. The van der Waals surface area contributed by atoms with Gasteiger partial charge in [-0.15, -0.1) is 0 Å². The molecule has 3 N–H and O–H groups in total. The van der Waals surface area contributed by atoms with Crippen LogP contribution in [-0.4, -0.2) is 23.9 Å². The Morgan fingerprint density at radius 2 is 1.94 bits per heavy atom. The van der Waals surface area contributed by atoms with Gasteiger partial charge in [0.2, 0.25) is 0 Å². The summed E-state index contributed by atoms with van der Waals surface area (Å²) in [5.41, 5.74) is 4.55. The molecule has 0 fully saturated rings. The van der Waals surface area contributed by atoms with Crippen LogP contribution in [0.25, 0.3) is 0 Å². The molecule has 1 aromatic heterocycles. The molecule has 0 aliphatic rings. The first-order valence-corrected chi connectivity index (χ1v) is 5.30. The van der Waals surface area contributed by atoms with Crippen molar-refractivity contribution in [1.82, 2.24) is 4.98 Å². The normalized spacial score (nSPS) is 11.7. The fourth-order valence-electron chi connectivity index (χ4n) is 1.33. The lowest BCUT2D eigenvalue weighted by atomic mass is 10.2. The van der Waals surface area contributed by atoms with Crippen LogP contribution < -0.4 is 10.6 Å². The minimum absolute atomic E-state index is 0.0564. The summed E-state index contributed by atoms with van der Waals surface area (Å²) in [5, 5.41) is 7.37. The molecule has 0 unspecified atom stereocenters. The zero-order valence-electron chi connectivity index (χ0n) is 10.3. The smallest absolute Gasteiger partial charge is 0.384 e. The van der Waals surface area contributed by atoms with Crippen molar-refractivity contribution in [2.45, 2.75) is 26.1 Å². The second-order valence-corrected chi connectivity index (χ2v) is 4.18. The van der Waals surface area contributed by atoms with Gasteiger partial charge in [0, 0.05) is 13.1 Å². The summed E-state index contributed by atoms with van der Waals surface area (Å²) in [6, 6.07) is 1.94. The molecule has 0 spiro atoms. The summed E-state index contributed by atoms with van der Waals surface area (Å²) in [5.74, 6) is -0.244. The van der Waals surface area contributed by atoms with Gasteiger partial charge in [-0.1, -0.05) is 0 Å². The van der Waals surface area contributed by atoms with Crippen LogP contribution >= 0.6 is 0 Å². The van der Waals surface area contributed by atoms with Crippen LogP contribution in [0.1, 0.15) is 25.1 Å². The van der Waals surface area contributed by atoms with Crippen LogP contribution in [0, 0.1) is 5.41 Å². The summed E-state index contributed by atoms with van der Waals surface area (Å²) >= 11 is 0. The number of anilines is 1. The molecule has 0 atom stereocenters. The number of rotatable bonds is 3. The third kappa shape index (κ3) is 2.91. The fraction of sp³-hybridized carbons (Fsp3) is 0.455. The number of hydrogen-bond donors (Lipinski definition) is 2. The first kappa shape index (κ1) is 14.3. The van der Waals surface area contributed by atoms with Crippen molar-refractivity contribution in [2.24, 2.45) is 5.73 Å². The molecular weight excluding hydrogens is 245 g/mol. The van der Waals surface area contributed by atoms with E-state index in [0.717, 1.165) is 6.07 Å². The average molecular weight is 260 g/mol. The Bertz CT molecular complexity index is 454. The second-order valence-electron chi connectivity index (χ2n) is 4.18. The number of nitrogen functional groups attached to an aromatic ring is 1. The van der Waals surface area contributed by atoms with Crippen LogP contribution in [-0.2, 0) is 6.18 Å². The minimum atomic E-state index is -4.51.